The zero-order valence-corrected chi connectivity index (χ0v) is 19.6. The number of aromatic nitrogens is 1. The van der Waals surface area contributed by atoms with Crippen molar-refractivity contribution in [2.75, 3.05) is 48.5 Å². The molecular formula is C25H31FN4O4. The first-order valence-corrected chi connectivity index (χ1v) is 11.9. The number of carbonyl (C=O) groups excluding carboxylic acids is 1. The molecule has 3 aliphatic rings. The lowest BCUT2D eigenvalue weighted by Crippen LogP contribution is -2.42. The summed E-state index contributed by atoms with van der Waals surface area (Å²) in [6, 6.07) is 7.34. The van der Waals surface area contributed by atoms with Crippen LogP contribution >= 0.6 is 0 Å². The van der Waals surface area contributed by atoms with E-state index in [0.29, 0.717) is 44.2 Å². The lowest BCUT2D eigenvalue weighted by atomic mass is 10.1. The summed E-state index contributed by atoms with van der Waals surface area (Å²) in [6.45, 7) is 4.61. The maximum absolute atomic E-state index is 14.0. The van der Waals surface area contributed by atoms with Crippen LogP contribution in [0.5, 0.6) is 0 Å². The predicted octanol–water partition coefficient (Wildman–Crippen LogP) is 3.62. The zero-order valence-electron chi connectivity index (χ0n) is 19.6. The lowest BCUT2D eigenvalue weighted by molar-refractivity contribution is -0.132. The average molecular weight is 471 g/mol. The molecule has 1 aromatic heterocycles. The van der Waals surface area contributed by atoms with Crippen LogP contribution < -0.4 is 15.1 Å². The van der Waals surface area contributed by atoms with Crippen LogP contribution in [0.4, 0.5) is 27.3 Å². The van der Waals surface area contributed by atoms with Crippen molar-refractivity contribution in [2.45, 2.75) is 51.0 Å². The number of hydrogen-bond donors (Lipinski definition) is 1. The molecule has 0 aliphatic carbocycles. The largest absolute Gasteiger partial charge is 0.376 e. The Balaban J connectivity index is 1.46. The molecule has 1 N–H and O–H groups in total. The van der Waals surface area contributed by atoms with Gasteiger partial charge >= 0.3 is 0 Å². The van der Waals surface area contributed by atoms with Gasteiger partial charge in [-0.25, -0.2) is 9.37 Å². The van der Waals surface area contributed by atoms with Crippen molar-refractivity contribution in [1.29, 1.82) is 0 Å². The molecule has 1 aromatic carbocycles. The van der Waals surface area contributed by atoms with Crippen LogP contribution in [0.2, 0.25) is 0 Å². The van der Waals surface area contributed by atoms with Crippen molar-refractivity contribution in [3.05, 3.63) is 41.8 Å². The molecule has 34 heavy (non-hydrogen) atoms. The van der Waals surface area contributed by atoms with Crippen molar-refractivity contribution in [3.8, 4) is 0 Å². The molecule has 3 aliphatic heterocycles. The fourth-order valence-corrected chi connectivity index (χ4v) is 4.77. The number of rotatable bonds is 4. The van der Waals surface area contributed by atoms with E-state index < -0.39 is 11.9 Å². The standard InChI is InChI=1S/C25H31FN4O4/c1-16-14-32-15-20(34-16)13-29(2)19-6-7-21-22(10-19)30(25(31)23-5-3-4-8-33-23)12-17-9-18(26)11-27-24(17)28-21/h6-7,9-11,16,20,23H,3-5,8,12-15H2,1-2H3,(H,27,28)/t16?,20?,23-/m1/s1. The van der Waals surface area contributed by atoms with Crippen molar-refractivity contribution in [3.63, 3.8) is 0 Å². The number of likely N-dealkylation sites (N-methyl/N-ethyl adjacent to an activating group) is 1. The Morgan fingerprint density at radius 3 is 2.97 bits per heavy atom. The molecule has 9 heteroatoms. The highest BCUT2D eigenvalue weighted by atomic mass is 19.1. The fraction of sp³-hybridized carbons (Fsp3) is 0.520. The first kappa shape index (κ1) is 23.0. The van der Waals surface area contributed by atoms with Gasteiger partial charge in [-0.05, 0) is 50.5 Å². The van der Waals surface area contributed by atoms with Gasteiger partial charge in [0.1, 0.15) is 17.7 Å². The van der Waals surface area contributed by atoms with E-state index in [0.717, 1.165) is 29.9 Å². The molecule has 4 heterocycles. The molecule has 1 amide bonds. The van der Waals surface area contributed by atoms with E-state index in [1.807, 2.05) is 32.2 Å². The van der Waals surface area contributed by atoms with E-state index in [9.17, 15) is 9.18 Å². The van der Waals surface area contributed by atoms with Gasteiger partial charge in [0.05, 0.1) is 49.5 Å². The van der Waals surface area contributed by atoms with Crippen LogP contribution in [-0.2, 0) is 25.5 Å². The maximum atomic E-state index is 14.0. The number of hydrogen-bond acceptors (Lipinski definition) is 7. The highest BCUT2D eigenvalue weighted by molar-refractivity contribution is 6.01. The minimum atomic E-state index is -0.500. The molecule has 0 saturated carbocycles. The Hall–Kier alpha value is -2.75. The molecule has 2 saturated heterocycles. The summed E-state index contributed by atoms with van der Waals surface area (Å²) >= 11 is 0. The lowest BCUT2D eigenvalue weighted by Gasteiger charge is -2.33. The van der Waals surface area contributed by atoms with E-state index in [1.54, 1.807) is 4.90 Å². The first-order valence-electron chi connectivity index (χ1n) is 11.9. The summed E-state index contributed by atoms with van der Waals surface area (Å²) in [5.74, 6) is 0.0000325. The topological polar surface area (TPSA) is 76.2 Å². The number of fused-ring (bicyclic) bond motifs is 2. The highest BCUT2D eigenvalue weighted by Crippen LogP contribution is 2.38. The van der Waals surface area contributed by atoms with E-state index in [-0.39, 0.29) is 24.7 Å². The van der Waals surface area contributed by atoms with Gasteiger partial charge in [-0.15, -0.1) is 0 Å². The second kappa shape index (κ2) is 9.85. The quantitative estimate of drug-likeness (QED) is 0.732. The third-order valence-corrected chi connectivity index (χ3v) is 6.51. The van der Waals surface area contributed by atoms with Gasteiger partial charge in [-0.2, -0.15) is 0 Å². The average Bonchev–Trinajstić information content (AvgIpc) is 3.00. The molecule has 2 unspecified atom stereocenters. The number of nitrogens with zero attached hydrogens (tertiary/aromatic N) is 3. The third kappa shape index (κ3) is 4.87. The van der Waals surface area contributed by atoms with Crippen LogP contribution in [0.1, 0.15) is 31.7 Å². The Kier molecular flexibility index (Phi) is 6.67. The molecule has 0 spiro atoms. The molecular weight excluding hydrogens is 439 g/mol. The van der Waals surface area contributed by atoms with Gasteiger partial charge < -0.3 is 29.3 Å². The number of benzene rings is 1. The van der Waals surface area contributed by atoms with Crippen LogP contribution in [0.3, 0.4) is 0 Å². The Bertz CT molecular complexity index is 1050. The molecule has 3 atom stereocenters. The zero-order chi connectivity index (χ0) is 23.7. The highest BCUT2D eigenvalue weighted by Gasteiger charge is 2.32. The van der Waals surface area contributed by atoms with Crippen LogP contribution in [0.25, 0.3) is 0 Å². The molecule has 8 nitrogen and oxygen atoms in total. The number of amides is 1. The van der Waals surface area contributed by atoms with Crippen LogP contribution in [-0.4, -0.2) is 62.6 Å². The van der Waals surface area contributed by atoms with Crippen molar-refractivity contribution < 1.29 is 23.4 Å². The van der Waals surface area contributed by atoms with Gasteiger partial charge in [-0.3, -0.25) is 4.79 Å². The van der Waals surface area contributed by atoms with Crippen molar-refractivity contribution in [1.82, 2.24) is 4.98 Å². The normalized spacial score (nSPS) is 24.4. The summed E-state index contributed by atoms with van der Waals surface area (Å²) in [5, 5.41) is 3.30. The summed E-state index contributed by atoms with van der Waals surface area (Å²) < 4.78 is 31.5. The van der Waals surface area contributed by atoms with Gasteiger partial charge in [-0.1, -0.05) is 0 Å². The molecule has 5 rings (SSSR count). The summed E-state index contributed by atoms with van der Waals surface area (Å²) in [5.41, 5.74) is 3.02. The minimum absolute atomic E-state index is 0.0320. The Morgan fingerprint density at radius 2 is 2.18 bits per heavy atom. The Labute approximate surface area is 199 Å². The Morgan fingerprint density at radius 1 is 1.29 bits per heavy atom. The minimum Gasteiger partial charge on any atom is -0.376 e. The van der Waals surface area contributed by atoms with Gasteiger partial charge in [0.2, 0.25) is 0 Å². The van der Waals surface area contributed by atoms with Gasteiger partial charge in [0.15, 0.2) is 0 Å². The number of pyridine rings is 1. The number of ether oxygens (including phenoxy) is 3. The summed E-state index contributed by atoms with van der Waals surface area (Å²) in [7, 11) is 2.00. The molecule has 0 radical (unpaired) electrons. The monoisotopic (exact) mass is 470 g/mol. The number of nitrogens with one attached hydrogen (secondary N) is 1. The van der Waals surface area contributed by atoms with E-state index in [1.165, 1.54) is 12.3 Å². The molecule has 0 bridgehead atoms. The second-order valence-electron chi connectivity index (χ2n) is 9.25. The summed E-state index contributed by atoms with van der Waals surface area (Å²) in [6.07, 6.45) is 3.31. The van der Waals surface area contributed by atoms with E-state index in [2.05, 4.69) is 15.2 Å². The van der Waals surface area contributed by atoms with Gasteiger partial charge in [0.25, 0.3) is 5.91 Å². The van der Waals surface area contributed by atoms with Crippen LogP contribution in [0, 0.1) is 5.82 Å². The predicted molar refractivity (Wildman–Crippen MR) is 127 cm³/mol. The number of halogens is 1. The fourth-order valence-electron chi connectivity index (χ4n) is 4.77. The molecule has 2 fully saturated rings. The van der Waals surface area contributed by atoms with Gasteiger partial charge in [0, 0.05) is 31.5 Å². The number of carbonyl (C=O) groups is 1. The first-order chi connectivity index (χ1) is 16.5. The second-order valence-corrected chi connectivity index (χ2v) is 9.25. The van der Waals surface area contributed by atoms with Crippen molar-refractivity contribution in [2.24, 2.45) is 0 Å². The third-order valence-electron chi connectivity index (χ3n) is 6.51. The summed E-state index contributed by atoms with van der Waals surface area (Å²) in [4.78, 5) is 21.6. The van der Waals surface area contributed by atoms with Crippen LogP contribution in [0.15, 0.2) is 30.5 Å². The SMILES string of the molecule is CC1COCC(CN(C)c2ccc3c(c2)N(C(=O)[C@H]2CCCCO2)Cc2cc(F)cnc2N3)O1. The molecule has 2 aromatic rings. The van der Waals surface area contributed by atoms with Crippen molar-refractivity contribution >= 4 is 28.8 Å². The number of anilines is 4. The maximum Gasteiger partial charge on any atom is 0.256 e. The van der Waals surface area contributed by atoms with E-state index in [4.69, 9.17) is 14.2 Å². The van der Waals surface area contributed by atoms with E-state index >= 15 is 0 Å². The smallest absolute Gasteiger partial charge is 0.256 e. The molecule has 182 valence electrons.